The van der Waals surface area contributed by atoms with E-state index < -0.39 is 0 Å². The van der Waals surface area contributed by atoms with Crippen molar-refractivity contribution in [2.75, 3.05) is 0 Å². The maximum atomic E-state index is 2.20. The van der Waals surface area contributed by atoms with Gasteiger partial charge in [0.05, 0.1) is 0 Å². The molecule has 0 bridgehead atoms. The van der Waals surface area contributed by atoms with Gasteiger partial charge in [-0.2, -0.15) is 0 Å². The molecule has 1 heterocycles. The molecule has 3 aromatic rings. The van der Waals surface area contributed by atoms with E-state index in [0.29, 0.717) is 0 Å². The first-order valence-electron chi connectivity index (χ1n) is 6.01. The maximum Gasteiger partial charge on any atom is 0.00961 e. The van der Waals surface area contributed by atoms with E-state index in [4.69, 9.17) is 0 Å². The summed E-state index contributed by atoms with van der Waals surface area (Å²) >= 11 is 0. The van der Waals surface area contributed by atoms with Gasteiger partial charge in [0.1, 0.15) is 0 Å². The van der Waals surface area contributed by atoms with Crippen LogP contribution in [0.4, 0.5) is 0 Å². The summed E-state index contributed by atoms with van der Waals surface area (Å²) in [5.74, 6) is 0. The zero-order valence-corrected chi connectivity index (χ0v) is 10.8. The second kappa shape index (κ2) is 5.16. The lowest BCUT2D eigenvalue weighted by Gasteiger charge is -2.04. The first-order valence-corrected chi connectivity index (χ1v) is 6.91. The average molecular weight is 248 g/mol. The highest BCUT2D eigenvalue weighted by Gasteiger charge is 2.01. The first kappa shape index (κ1) is 11.2. The molecule has 2 aromatic carbocycles. The summed E-state index contributed by atoms with van der Waals surface area (Å²) in [7, 11) is 1.28. The molecular weight excluding hydrogens is 235 g/mol. The van der Waals surface area contributed by atoms with Gasteiger partial charge in [0.15, 0.2) is 0 Å². The van der Waals surface area contributed by atoms with Crippen molar-refractivity contribution in [1.29, 1.82) is 0 Å². The lowest BCUT2D eigenvalue weighted by molar-refractivity contribution is 1.67. The average Bonchev–Trinajstić information content (AvgIpc) is 2.49. The molecule has 0 unspecified atom stereocenters. The van der Waals surface area contributed by atoms with Gasteiger partial charge >= 0.3 is 0 Å². The van der Waals surface area contributed by atoms with Crippen LogP contribution >= 0.6 is 8.19 Å². The van der Waals surface area contributed by atoms with Crippen molar-refractivity contribution >= 4 is 8.19 Å². The van der Waals surface area contributed by atoms with E-state index in [1.807, 2.05) is 0 Å². The zero-order chi connectivity index (χ0) is 12.2. The molecule has 0 atom stereocenters. The largest absolute Gasteiger partial charge is 0.0622 e. The molecule has 0 saturated carbocycles. The number of rotatable bonds is 2. The van der Waals surface area contributed by atoms with Crippen molar-refractivity contribution in [2.24, 2.45) is 0 Å². The van der Waals surface area contributed by atoms with Crippen LogP contribution in [0.25, 0.3) is 21.7 Å². The predicted octanol–water partition coefficient (Wildman–Crippen LogP) is 5.60. The van der Waals surface area contributed by atoms with Gasteiger partial charge in [0.2, 0.25) is 0 Å². The molecule has 86 valence electrons. The Morgan fingerprint density at radius 3 is 1.33 bits per heavy atom. The van der Waals surface area contributed by atoms with Gasteiger partial charge in [0, 0.05) is 10.6 Å². The third-order valence-corrected chi connectivity index (χ3v) is 4.18. The molecule has 0 spiro atoms. The predicted molar refractivity (Wildman–Crippen MR) is 79.8 cm³/mol. The molecule has 0 nitrogen and oxygen atoms in total. The highest BCUT2D eigenvalue weighted by atomic mass is 31.0. The normalized spacial score (nSPS) is 10.2. The lowest BCUT2D eigenvalue weighted by Crippen LogP contribution is -1.75. The van der Waals surface area contributed by atoms with E-state index in [0.717, 1.165) is 0 Å². The molecule has 0 aliphatic rings. The second-order valence-electron chi connectivity index (χ2n) is 4.14. The molecule has 0 radical (unpaired) electrons. The molecular formula is C17H13P. The molecule has 3 rings (SSSR count). The van der Waals surface area contributed by atoms with Crippen LogP contribution < -0.4 is 0 Å². The van der Waals surface area contributed by atoms with Crippen molar-refractivity contribution in [3.05, 3.63) is 78.9 Å². The topological polar surface area (TPSA) is 0 Å². The van der Waals surface area contributed by atoms with E-state index in [-0.39, 0.29) is 0 Å². The Morgan fingerprint density at radius 1 is 0.444 bits per heavy atom. The quantitative estimate of drug-likeness (QED) is 0.553. The summed E-state index contributed by atoms with van der Waals surface area (Å²) in [6.45, 7) is 0. The maximum absolute atomic E-state index is 2.20. The molecule has 0 N–H and O–H groups in total. The summed E-state index contributed by atoms with van der Waals surface area (Å²) in [5, 5.41) is 2.72. The number of benzene rings is 2. The van der Waals surface area contributed by atoms with Gasteiger partial charge in [-0.3, -0.25) is 0 Å². The smallest absolute Gasteiger partial charge is 0.00961 e. The van der Waals surface area contributed by atoms with E-state index in [1.54, 1.807) is 0 Å². The van der Waals surface area contributed by atoms with Crippen LogP contribution in [-0.4, -0.2) is 0 Å². The summed E-state index contributed by atoms with van der Waals surface area (Å²) < 4.78 is 0. The second-order valence-corrected chi connectivity index (χ2v) is 5.33. The lowest BCUT2D eigenvalue weighted by atomic mass is 10.1. The Kier molecular flexibility index (Phi) is 3.21. The first-order chi connectivity index (χ1) is 8.93. The minimum atomic E-state index is 1.28. The van der Waals surface area contributed by atoms with E-state index >= 15 is 0 Å². The van der Waals surface area contributed by atoms with Crippen LogP contribution in [0.2, 0.25) is 0 Å². The summed E-state index contributed by atoms with van der Waals surface area (Å²) in [6.07, 6.45) is 0. The number of hydrogen-bond donors (Lipinski definition) is 0. The Labute approximate surface area is 109 Å². The minimum Gasteiger partial charge on any atom is -0.0622 e. The van der Waals surface area contributed by atoms with Gasteiger partial charge < -0.3 is 0 Å². The Hall–Kier alpha value is -1.91. The molecule has 18 heavy (non-hydrogen) atoms. The standard InChI is InChI=1S/C17H13P/c1-3-8-14(9-4-1)16-12-7-13-17(18-16)15-10-5-2-6-11-15/h1-13H. The molecule has 0 amide bonds. The van der Waals surface area contributed by atoms with Crippen LogP contribution in [0.5, 0.6) is 0 Å². The van der Waals surface area contributed by atoms with Gasteiger partial charge in [-0.15, -0.1) is 0 Å². The van der Waals surface area contributed by atoms with Crippen LogP contribution in [0.3, 0.4) is 0 Å². The zero-order valence-electron chi connectivity index (χ0n) is 9.95. The minimum absolute atomic E-state index is 1.28. The van der Waals surface area contributed by atoms with Crippen LogP contribution in [0, 0.1) is 0 Å². The van der Waals surface area contributed by atoms with Crippen molar-refractivity contribution in [2.45, 2.75) is 0 Å². The SMILES string of the molecule is c1ccc(-c2cccc(-c3ccccc3)p2)cc1. The summed E-state index contributed by atoms with van der Waals surface area (Å²) in [4.78, 5) is 0. The fourth-order valence-electron chi connectivity index (χ4n) is 1.97. The third-order valence-electron chi connectivity index (χ3n) is 2.89. The summed E-state index contributed by atoms with van der Waals surface area (Å²) in [6, 6.07) is 27.7. The molecule has 1 heteroatoms. The fourth-order valence-corrected chi connectivity index (χ4v) is 3.11. The van der Waals surface area contributed by atoms with E-state index in [9.17, 15) is 0 Å². The van der Waals surface area contributed by atoms with E-state index in [2.05, 4.69) is 78.9 Å². The van der Waals surface area contributed by atoms with Gasteiger partial charge in [-0.25, -0.2) is 0 Å². The van der Waals surface area contributed by atoms with Gasteiger partial charge in [-0.05, 0) is 23.3 Å². The fraction of sp³-hybridized carbons (Fsp3) is 0. The van der Waals surface area contributed by atoms with Crippen molar-refractivity contribution < 1.29 is 0 Å². The third kappa shape index (κ3) is 2.34. The molecule has 0 aliphatic heterocycles. The van der Waals surface area contributed by atoms with Crippen molar-refractivity contribution in [3.8, 4) is 21.7 Å². The van der Waals surface area contributed by atoms with E-state index in [1.165, 1.54) is 29.9 Å². The Balaban J connectivity index is 2.05. The van der Waals surface area contributed by atoms with Crippen LogP contribution in [0.15, 0.2) is 78.9 Å². The Morgan fingerprint density at radius 2 is 0.889 bits per heavy atom. The number of hydrogen-bond acceptors (Lipinski definition) is 0. The highest BCUT2D eigenvalue weighted by molar-refractivity contribution is 7.37. The molecule has 0 fully saturated rings. The molecule has 0 aliphatic carbocycles. The van der Waals surface area contributed by atoms with Gasteiger partial charge in [0.25, 0.3) is 0 Å². The van der Waals surface area contributed by atoms with Crippen molar-refractivity contribution in [1.82, 2.24) is 0 Å². The summed E-state index contributed by atoms with van der Waals surface area (Å²) in [5.41, 5.74) is 2.61. The van der Waals surface area contributed by atoms with Crippen LogP contribution in [0.1, 0.15) is 0 Å². The van der Waals surface area contributed by atoms with Crippen molar-refractivity contribution in [3.63, 3.8) is 0 Å². The molecule has 0 saturated heterocycles. The molecule has 1 aromatic heterocycles. The highest BCUT2D eigenvalue weighted by Crippen LogP contribution is 2.36. The Bertz CT molecular complexity index is 575. The van der Waals surface area contributed by atoms with Crippen LogP contribution in [-0.2, 0) is 0 Å². The van der Waals surface area contributed by atoms with Gasteiger partial charge in [-0.1, -0.05) is 74.9 Å². The monoisotopic (exact) mass is 248 g/mol.